The maximum absolute atomic E-state index is 13.2. The molecule has 0 aromatic carbocycles. The standard InChI is InChI=1S/C29H41N9O2/c1-5-8-25-34-35-28(40-25)24-17-31-27(19(4)32-24)37-15-16-38(21(7-3)18-37)22-11-13-36(14-12-22)29(39)23-10-9-20(6-2)33-26(23)30/h9-10,17,21-22H,5-8,11-16,18H2,1-4H3,(H2,30,33)/t21-/m0/s1. The van der Waals surface area contributed by atoms with Crippen LogP contribution in [0.3, 0.4) is 0 Å². The number of piperidine rings is 1. The van der Waals surface area contributed by atoms with Crippen LogP contribution in [0.25, 0.3) is 11.6 Å². The molecule has 11 nitrogen and oxygen atoms in total. The first-order valence-corrected chi connectivity index (χ1v) is 14.6. The Morgan fingerprint density at radius 3 is 2.55 bits per heavy atom. The summed E-state index contributed by atoms with van der Waals surface area (Å²) in [5, 5.41) is 8.25. The molecule has 5 heterocycles. The van der Waals surface area contributed by atoms with E-state index in [1.807, 2.05) is 30.9 Å². The number of aromatic nitrogens is 5. The molecule has 2 N–H and O–H groups in total. The normalized spacial score (nSPS) is 18.9. The van der Waals surface area contributed by atoms with Crippen LogP contribution in [0.15, 0.2) is 22.7 Å². The van der Waals surface area contributed by atoms with Gasteiger partial charge in [-0.15, -0.1) is 10.2 Å². The maximum Gasteiger partial charge on any atom is 0.267 e. The zero-order chi connectivity index (χ0) is 28.2. The van der Waals surface area contributed by atoms with Crippen molar-refractivity contribution in [2.45, 2.75) is 78.3 Å². The molecule has 1 amide bonds. The quantitative estimate of drug-likeness (QED) is 0.447. The highest BCUT2D eigenvalue weighted by molar-refractivity contribution is 5.98. The van der Waals surface area contributed by atoms with E-state index >= 15 is 0 Å². The first-order chi connectivity index (χ1) is 19.4. The van der Waals surface area contributed by atoms with Crippen LogP contribution in [0.5, 0.6) is 0 Å². The fourth-order valence-electron chi connectivity index (χ4n) is 5.93. The molecule has 11 heteroatoms. The second kappa shape index (κ2) is 12.3. The molecule has 0 aliphatic carbocycles. The van der Waals surface area contributed by atoms with Crippen LogP contribution in [0, 0.1) is 6.92 Å². The van der Waals surface area contributed by atoms with Crippen molar-refractivity contribution < 1.29 is 9.21 Å². The van der Waals surface area contributed by atoms with E-state index in [4.69, 9.17) is 20.1 Å². The number of carbonyl (C=O) groups is 1. The largest absolute Gasteiger partial charge is 0.419 e. The minimum Gasteiger partial charge on any atom is -0.419 e. The molecule has 3 aromatic heterocycles. The number of nitrogens with two attached hydrogens (primary N) is 1. The van der Waals surface area contributed by atoms with E-state index in [0.717, 1.165) is 88.5 Å². The summed E-state index contributed by atoms with van der Waals surface area (Å²) in [5.41, 5.74) is 9.01. The van der Waals surface area contributed by atoms with E-state index in [1.54, 1.807) is 6.20 Å². The summed E-state index contributed by atoms with van der Waals surface area (Å²) in [4.78, 5) is 34.0. The topological polar surface area (TPSA) is 130 Å². The Morgan fingerprint density at radius 2 is 1.88 bits per heavy atom. The number of hydrogen-bond acceptors (Lipinski definition) is 10. The van der Waals surface area contributed by atoms with Crippen molar-refractivity contribution in [3.05, 3.63) is 41.2 Å². The van der Waals surface area contributed by atoms with E-state index in [9.17, 15) is 4.79 Å². The fourth-order valence-corrected chi connectivity index (χ4v) is 5.93. The van der Waals surface area contributed by atoms with E-state index < -0.39 is 0 Å². The molecule has 0 radical (unpaired) electrons. The second-order valence-electron chi connectivity index (χ2n) is 10.8. The molecule has 3 aromatic rings. The van der Waals surface area contributed by atoms with Gasteiger partial charge in [0, 0.05) is 56.9 Å². The fraction of sp³-hybridized carbons (Fsp3) is 0.586. The van der Waals surface area contributed by atoms with Gasteiger partial charge in [-0.25, -0.2) is 15.0 Å². The van der Waals surface area contributed by atoms with Crippen LogP contribution in [0.4, 0.5) is 11.6 Å². The average molecular weight is 548 g/mol. The minimum atomic E-state index is -0.0115. The van der Waals surface area contributed by atoms with Gasteiger partial charge in [0.2, 0.25) is 5.89 Å². The molecule has 2 saturated heterocycles. The van der Waals surface area contributed by atoms with Crippen molar-refractivity contribution in [3.63, 3.8) is 0 Å². The highest BCUT2D eigenvalue weighted by Crippen LogP contribution is 2.28. The first kappa shape index (κ1) is 27.9. The predicted octanol–water partition coefficient (Wildman–Crippen LogP) is 3.53. The Hall–Kier alpha value is -3.60. The number of piperazine rings is 1. The number of nitrogen functional groups attached to an aromatic ring is 1. The molecule has 214 valence electrons. The van der Waals surface area contributed by atoms with Crippen molar-refractivity contribution >= 4 is 17.5 Å². The number of rotatable bonds is 8. The van der Waals surface area contributed by atoms with Crippen LogP contribution in [-0.2, 0) is 12.8 Å². The summed E-state index contributed by atoms with van der Waals surface area (Å²) >= 11 is 0. The summed E-state index contributed by atoms with van der Waals surface area (Å²) in [6.07, 6.45) is 7.22. The van der Waals surface area contributed by atoms with Crippen molar-refractivity contribution in [1.29, 1.82) is 0 Å². The lowest BCUT2D eigenvalue weighted by atomic mass is 9.97. The SMILES string of the molecule is CCCc1nnc(-c2cnc(N3CCN(C4CCN(C(=O)c5ccc(CC)nc5N)CC4)[C@@H](CC)C3)c(C)n2)o1. The molecule has 2 fully saturated rings. The summed E-state index contributed by atoms with van der Waals surface area (Å²) in [6, 6.07) is 4.59. The number of pyridine rings is 1. The molecular weight excluding hydrogens is 506 g/mol. The van der Waals surface area contributed by atoms with Gasteiger partial charge in [0.05, 0.1) is 17.5 Å². The zero-order valence-electron chi connectivity index (χ0n) is 24.1. The third-order valence-corrected chi connectivity index (χ3v) is 8.17. The van der Waals surface area contributed by atoms with Gasteiger partial charge in [-0.3, -0.25) is 9.69 Å². The summed E-state index contributed by atoms with van der Waals surface area (Å²) in [5.74, 6) is 2.28. The number of hydrogen-bond donors (Lipinski definition) is 1. The van der Waals surface area contributed by atoms with Gasteiger partial charge < -0.3 is 20.0 Å². The third kappa shape index (κ3) is 5.79. The van der Waals surface area contributed by atoms with Crippen molar-refractivity contribution in [2.24, 2.45) is 0 Å². The summed E-state index contributed by atoms with van der Waals surface area (Å²) in [6.45, 7) is 12.6. The Labute approximate surface area is 236 Å². The van der Waals surface area contributed by atoms with Gasteiger partial charge in [-0.05, 0) is 51.2 Å². The molecule has 0 bridgehead atoms. The molecule has 0 spiro atoms. The molecule has 2 aliphatic heterocycles. The number of likely N-dealkylation sites (tertiary alicyclic amines) is 1. The summed E-state index contributed by atoms with van der Waals surface area (Å²) < 4.78 is 5.75. The minimum absolute atomic E-state index is 0.0115. The number of aryl methyl sites for hydroxylation is 3. The van der Waals surface area contributed by atoms with Crippen molar-refractivity contribution in [3.8, 4) is 11.6 Å². The Balaban J connectivity index is 1.19. The van der Waals surface area contributed by atoms with Gasteiger partial charge >= 0.3 is 0 Å². The van der Waals surface area contributed by atoms with E-state index in [2.05, 4.69) is 38.8 Å². The predicted molar refractivity (Wildman–Crippen MR) is 154 cm³/mol. The maximum atomic E-state index is 13.2. The Kier molecular flexibility index (Phi) is 8.58. The number of amides is 1. The van der Waals surface area contributed by atoms with Gasteiger partial charge in [-0.2, -0.15) is 0 Å². The molecule has 2 aliphatic rings. The number of carbonyl (C=O) groups excluding carboxylic acids is 1. The monoisotopic (exact) mass is 547 g/mol. The first-order valence-electron chi connectivity index (χ1n) is 14.6. The van der Waals surface area contributed by atoms with Crippen molar-refractivity contribution in [1.82, 2.24) is 34.9 Å². The summed E-state index contributed by atoms with van der Waals surface area (Å²) in [7, 11) is 0. The third-order valence-electron chi connectivity index (χ3n) is 8.17. The van der Waals surface area contributed by atoms with E-state index in [1.165, 1.54) is 0 Å². The molecule has 5 rings (SSSR count). The van der Waals surface area contributed by atoms with Crippen LogP contribution >= 0.6 is 0 Å². The van der Waals surface area contributed by atoms with Crippen LogP contribution < -0.4 is 10.6 Å². The molecule has 0 unspecified atom stereocenters. The molecular formula is C29H41N9O2. The van der Waals surface area contributed by atoms with Crippen LogP contribution in [-0.4, -0.2) is 85.7 Å². The number of anilines is 2. The van der Waals surface area contributed by atoms with Gasteiger partial charge in [0.15, 0.2) is 0 Å². The van der Waals surface area contributed by atoms with Crippen molar-refractivity contribution in [2.75, 3.05) is 43.4 Å². The lowest BCUT2D eigenvalue weighted by Crippen LogP contribution is -2.59. The second-order valence-corrected chi connectivity index (χ2v) is 10.8. The smallest absolute Gasteiger partial charge is 0.267 e. The van der Waals surface area contributed by atoms with Crippen LogP contribution in [0.1, 0.15) is 74.1 Å². The Bertz CT molecular complexity index is 1320. The average Bonchev–Trinajstić information content (AvgIpc) is 3.45. The van der Waals surface area contributed by atoms with Gasteiger partial charge in [0.1, 0.15) is 17.3 Å². The lowest BCUT2D eigenvalue weighted by molar-refractivity contribution is 0.0491. The number of nitrogens with zero attached hydrogens (tertiary/aromatic N) is 8. The van der Waals surface area contributed by atoms with Gasteiger partial charge in [0.25, 0.3) is 11.8 Å². The highest BCUT2D eigenvalue weighted by Gasteiger charge is 2.35. The highest BCUT2D eigenvalue weighted by atomic mass is 16.4. The molecule has 1 atom stereocenters. The van der Waals surface area contributed by atoms with Gasteiger partial charge in [-0.1, -0.05) is 20.8 Å². The van der Waals surface area contributed by atoms with Crippen LogP contribution in [0.2, 0.25) is 0 Å². The zero-order valence-corrected chi connectivity index (χ0v) is 24.1. The molecule has 0 saturated carbocycles. The van der Waals surface area contributed by atoms with E-state index in [-0.39, 0.29) is 5.91 Å². The molecule has 40 heavy (non-hydrogen) atoms. The lowest BCUT2D eigenvalue weighted by Gasteiger charge is -2.47. The van der Waals surface area contributed by atoms with E-state index in [0.29, 0.717) is 40.9 Å². The Morgan fingerprint density at radius 1 is 1.07 bits per heavy atom.